The maximum atomic E-state index is 11.1. The Morgan fingerprint density at radius 1 is 1.11 bits per heavy atom. The molecular formula is C25H28O3. The summed E-state index contributed by atoms with van der Waals surface area (Å²) in [7, 11) is 0. The van der Waals surface area contributed by atoms with Crippen LogP contribution in [0.1, 0.15) is 57.1 Å². The lowest BCUT2D eigenvalue weighted by molar-refractivity contribution is -0.131. The van der Waals surface area contributed by atoms with Crippen LogP contribution in [0.4, 0.5) is 0 Å². The zero-order valence-electron chi connectivity index (χ0n) is 16.8. The molecule has 28 heavy (non-hydrogen) atoms. The standard InChI is InChI=1S/C25H28O3/c1-18(26)28-23-15-13-22(14-16-23)24(17-25(2,3)27)21-11-9-20(10-12-21)19-7-5-4-6-8-19/h4-8,11,13-17,20,27H,9-10,12H2,1-3H3/b24-17-. The van der Waals surface area contributed by atoms with E-state index in [0.717, 1.165) is 30.4 Å². The third-order valence-corrected chi connectivity index (χ3v) is 4.95. The molecule has 1 aliphatic carbocycles. The zero-order valence-corrected chi connectivity index (χ0v) is 16.8. The van der Waals surface area contributed by atoms with Gasteiger partial charge in [0.25, 0.3) is 0 Å². The third kappa shape index (κ3) is 5.43. The Labute approximate surface area is 167 Å². The monoisotopic (exact) mass is 376 g/mol. The molecule has 0 radical (unpaired) electrons. The summed E-state index contributed by atoms with van der Waals surface area (Å²) < 4.78 is 5.14. The van der Waals surface area contributed by atoms with Gasteiger partial charge in [-0.05, 0) is 79.5 Å². The molecule has 1 N–H and O–H groups in total. The zero-order chi connectivity index (χ0) is 20.1. The SMILES string of the molecule is CC(=O)Oc1ccc(/C(=C\C(C)(C)O)C2=CCC(c3ccccc3)CC2)cc1. The molecule has 0 saturated carbocycles. The van der Waals surface area contributed by atoms with Crippen molar-refractivity contribution in [3.05, 3.63) is 83.4 Å². The first-order valence-corrected chi connectivity index (χ1v) is 9.80. The average Bonchev–Trinajstić information content (AvgIpc) is 2.67. The van der Waals surface area contributed by atoms with Crippen LogP contribution in [0, 0.1) is 0 Å². The number of aliphatic hydroxyl groups is 1. The molecule has 3 rings (SSSR count). The van der Waals surface area contributed by atoms with Crippen LogP contribution in [0.5, 0.6) is 5.75 Å². The summed E-state index contributed by atoms with van der Waals surface area (Å²) in [5, 5.41) is 10.4. The van der Waals surface area contributed by atoms with E-state index >= 15 is 0 Å². The van der Waals surface area contributed by atoms with Gasteiger partial charge in [-0.3, -0.25) is 4.79 Å². The van der Waals surface area contributed by atoms with Crippen molar-refractivity contribution < 1.29 is 14.6 Å². The van der Waals surface area contributed by atoms with E-state index in [1.165, 1.54) is 18.1 Å². The second-order valence-corrected chi connectivity index (χ2v) is 7.94. The molecule has 1 unspecified atom stereocenters. The van der Waals surface area contributed by atoms with Gasteiger partial charge < -0.3 is 9.84 Å². The van der Waals surface area contributed by atoms with Crippen LogP contribution in [0.15, 0.2) is 72.3 Å². The number of ether oxygens (including phenoxy) is 1. The minimum atomic E-state index is -0.916. The molecule has 146 valence electrons. The largest absolute Gasteiger partial charge is 0.427 e. The van der Waals surface area contributed by atoms with Gasteiger partial charge in [0, 0.05) is 6.92 Å². The Bertz CT molecular complexity index is 868. The van der Waals surface area contributed by atoms with Gasteiger partial charge in [0.1, 0.15) is 5.75 Å². The number of allylic oxidation sites excluding steroid dienone is 3. The molecule has 1 aliphatic rings. The fourth-order valence-corrected chi connectivity index (χ4v) is 3.69. The van der Waals surface area contributed by atoms with Crippen molar-refractivity contribution in [3.8, 4) is 5.75 Å². The molecule has 3 nitrogen and oxygen atoms in total. The van der Waals surface area contributed by atoms with Crippen molar-refractivity contribution in [3.63, 3.8) is 0 Å². The van der Waals surface area contributed by atoms with Crippen molar-refractivity contribution in [2.24, 2.45) is 0 Å². The van der Waals surface area contributed by atoms with E-state index in [1.807, 2.05) is 18.2 Å². The molecule has 0 saturated heterocycles. The van der Waals surface area contributed by atoms with Crippen LogP contribution >= 0.6 is 0 Å². The van der Waals surface area contributed by atoms with E-state index in [4.69, 9.17) is 4.74 Å². The summed E-state index contributed by atoms with van der Waals surface area (Å²) >= 11 is 0. The van der Waals surface area contributed by atoms with Crippen LogP contribution in [0.3, 0.4) is 0 Å². The summed E-state index contributed by atoms with van der Waals surface area (Å²) in [5.74, 6) is 0.738. The van der Waals surface area contributed by atoms with Crippen molar-refractivity contribution in [2.75, 3.05) is 0 Å². The van der Waals surface area contributed by atoms with Gasteiger partial charge in [-0.15, -0.1) is 0 Å². The predicted octanol–water partition coefficient (Wildman–Crippen LogP) is 5.66. The number of hydrogen-bond donors (Lipinski definition) is 1. The van der Waals surface area contributed by atoms with E-state index in [-0.39, 0.29) is 5.97 Å². The quantitative estimate of drug-likeness (QED) is 0.541. The molecule has 0 aliphatic heterocycles. The molecule has 2 aromatic carbocycles. The Morgan fingerprint density at radius 3 is 2.32 bits per heavy atom. The van der Waals surface area contributed by atoms with Crippen LogP contribution < -0.4 is 4.74 Å². The molecule has 0 spiro atoms. The first-order chi connectivity index (χ1) is 13.3. The van der Waals surface area contributed by atoms with Gasteiger partial charge >= 0.3 is 5.97 Å². The Morgan fingerprint density at radius 2 is 1.79 bits per heavy atom. The Kier molecular flexibility index (Phi) is 6.15. The lowest BCUT2D eigenvalue weighted by atomic mass is 9.80. The van der Waals surface area contributed by atoms with E-state index in [2.05, 4.69) is 36.4 Å². The van der Waals surface area contributed by atoms with Crippen molar-refractivity contribution in [2.45, 2.75) is 51.6 Å². The molecule has 1 atom stereocenters. The van der Waals surface area contributed by atoms with E-state index in [1.54, 1.807) is 26.0 Å². The predicted molar refractivity (Wildman–Crippen MR) is 113 cm³/mol. The van der Waals surface area contributed by atoms with Crippen LogP contribution in [-0.4, -0.2) is 16.7 Å². The van der Waals surface area contributed by atoms with Crippen LogP contribution in [0.25, 0.3) is 5.57 Å². The fraction of sp³-hybridized carbons (Fsp3) is 0.320. The molecule has 3 heteroatoms. The number of carbonyl (C=O) groups excluding carboxylic acids is 1. The molecular weight excluding hydrogens is 348 g/mol. The number of carbonyl (C=O) groups is 1. The van der Waals surface area contributed by atoms with Crippen molar-refractivity contribution in [1.82, 2.24) is 0 Å². The first-order valence-electron chi connectivity index (χ1n) is 9.80. The van der Waals surface area contributed by atoms with Crippen molar-refractivity contribution >= 4 is 11.5 Å². The summed E-state index contributed by atoms with van der Waals surface area (Å²) in [4.78, 5) is 11.1. The minimum absolute atomic E-state index is 0.332. The van der Waals surface area contributed by atoms with Crippen molar-refractivity contribution in [1.29, 1.82) is 0 Å². The summed E-state index contributed by atoms with van der Waals surface area (Å²) in [6, 6.07) is 18.1. The van der Waals surface area contributed by atoms with Gasteiger partial charge in [-0.25, -0.2) is 0 Å². The van der Waals surface area contributed by atoms with Gasteiger partial charge in [0.2, 0.25) is 0 Å². The maximum Gasteiger partial charge on any atom is 0.308 e. The number of benzene rings is 2. The summed E-state index contributed by atoms with van der Waals surface area (Å²) in [5.41, 5.74) is 3.79. The third-order valence-electron chi connectivity index (χ3n) is 4.95. The highest BCUT2D eigenvalue weighted by atomic mass is 16.5. The molecule has 0 amide bonds. The Hall–Kier alpha value is -2.65. The summed E-state index contributed by atoms with van der Waals surface area (Å²) in [6.45, 7) is 4.97. The van der Waals surface area contributed by atoms with E-state index in [0.29, 0.717) is 11.7 Å². The van der Waals surface area contributed by atoms with Gasteiger partial charge in [-0.2, -0.15) is 0 Å². The number of hydrogen-bond acceptors (Lipinski definition) is 3. The Balaban J connectivity index is 1.86. The average molecular weight is 376 g/mol. The minimum Gasteiger partial charge on any atom is -0.427 e. The van der Waals surface area contributed by atoms with Gasteiger partial charge in [-0.1, -0.05) is 48.5 Å². The lowest BCUT2D eigenvalue weighted by Crippen LogP contribution is -2.16. The number of esters is 1. The van der Waals surface area contributed by atoms with E-state index < -0.39 is 5.60 Å². The smallest absolute Gasteiger partial charge is 0.308 e. The van der Waals surface area contributed by atoms with Gasteiger partial charge in [0.15, 0.2) is 0 Å². The highest BCUT2D eigenvalue weighted by molar-refractivity contribution is 5.80. The molecule has 0 bridgehead atoms. The maximum absolute atomic E-state index is 11.1. The molecule has 0 aromatic heterocycles. The highest BCUT2D eigenvalue weighted by Crippen LogP contribution is 2.38. The summed E-state index contributed by atoms with van der Waals surface area (Å²) in [6.07, 6.45) is 7.27. The second kappa shape index (κ2) is 8.57. The highest BCUT2D eigenvalue weighted by Gasteiger charge is 2.21. The second-order valence-electron chi connectivity index (χ2n) is 7.94. The fourth-order valence-electron chi connectivity index (χ4n) is 3.69. The van der Waals surface area contributed by atoms with Gasteiger partial charge in [0.05, 0.1) is 5.60 Å². The van der Waals surface area contributed by atoms with Crippen LogP contribution in [-0.2, 0) is 4.79 Å². The molecule has 2 aromatic rings. The normalized spacial score (nSPS) is 17.8. The molecule has 0 fully saturated rings. The first kappa shape index (κ1) is 20.1. The molecule has 0 heterocycles. The van der Waals surface area contributed by atoms with E-state index in [9.17, 15) is 9.90 Å². The lowest BCUT2D eigenvalue weighted by Gasteiger charge is -2.25. The van der Waals surface area contributed by atoms with Crippen LogP contribution in [0.2, 0.25) is 0 Å². The number of rotatable bonds is 5. The topological polar surface area (TPSA) is 46.5 Å².